The first kappa shape index (κ1) is 19.4. The van der Waals surface area contributed by atoms with Crippen molar-refractivity contribution in [2.24, 2.45) is 0 Å². The monoisotopic (exact) mass is 402 g/mol. The van der Waals surface area contributed by atoms with Crippen LogP contribution in [0.15, 0.2) is 66.9 Å². The molecule has 0 spiro atoms. The SMILES string of the molecule is COc1ccc(CCC(=O)Nc2cccc(-c3nnc4ccccn34)c2)cc1OC. The lowest BCUT2D eigenvalue weighted by atomic mass is 10.1. The number of nitrogens with one attached hydrogen (secondary N) is 1. The van der Waals surface area contributed by atoms with Crippen molar-refractivity contribution in [2.45, 2.75) is 12.8 Å². The van der Waals surface area contributed by atoms with Crippen LogP contribution in [-0.4, -0.2) is 34.7 Å². The Hall–Kier alpha value is -3.87. The van der Waals surface area contributed by atoms with E-state index in [9.17, 15) is 4.79 Å². The van der Waals surface area contributed by atoms with E-state index in [0.29, 0.717) is 24.3 Å². The summed E-state index contributed by atoms with van der Waals surface area (Å²) in [4.78, 5) is 12.5. The van der Waals surface area contributed by atoms with Crippen molar-refractivity contribution in [1.82, 2.24) is 14.6 Å². The molecule has 0 saturated carbocycles. The van der Waals surface area contributed by atoms with Crippen LogP contribution >= 0.6 is 0 Å². The molecule has 0 saturated heterocycles. The van der Waals surface area contributed by atoms with Gasteiger partial charge >= 0.3 is 0 Å². The van der Waals surface area contributed by atoms with E-state index in [-0.39, 0.29) is 5.91 Å². The van der Waals surface area contributed by atoms with Crippen molar-refractivity contribution in [3.63, 3.8) is 0 Å². The molecule has 4 rings (SSSR count). The minimum absolute atomic E-state index is 0.0620. The fraction of sp³-hybridized carbons (Fsp3) is 0.174. The Morgan fingerprint density at radius 2 is 1.83 bits per heavy atom. The molecule has 4 aromatic rings. The molecule has 2 aromatic heterocycles. The highest BCUT2D eigenvalue weighted by Gasteiger charge is 2.10. The fourth-order valence-electron chi connectivity index (χ4n) is 3.29. The summed E-state index contributed by atoms with van der Waals surface area (Å²) in [6.45, 7) is 0. The highest BCUT2D eigenvalue weighted by Crippen LogP contribution is 2.28. The van der Waals surface area contributed by atoms with Gasteiger partial charge in [-0.15, -0.1) is 10.2 Å². The Balaban J connectivity index is 1.43. The van der Waals surface area contributed by atoms with Gasteiger partial charge in [0.15, 0.2) is 23.0 Å². The molecule has 0 aliphatic rings. The lowest BCUT2D eigenvalue weighted by Crippen LogP contribution is -2.12. The highest BCUT2D eigenvalue weighted by atomic mass is 16.5. The molecule has 2 heterocycles. The van der Waals surface area contributed by atoms with E-state index in [1.54, 1.807) is 14.2 Å². The minimum atomic E-state index is -0.0620. The van der Waals surface area contributed by atoms with Gasteiger partial charge in [-0.05, 0) is 48.4 Å². The number of hydrogen-bond acceptors (Lipinski definition) is 5. The number of carbonyl (C=O) groups excluding carboxylic acids is 1. The van der Waals surface area contributed by atoms with E-state index < -0.39 is 0 Å². The average molecular weight is 402 g/mol. The van der Waals surface area contributed by atoms with Crippen molar-refractivity contribution in [3.8, 4) is 22.9 Å². The quantitative estimate of drug-likeness (QED) is 0.506. The normalized spacial score (nSPS) is 10.7. The van der Waals surface area contributed by atoms with Crippen molar-refractivity contribution in [3.05, 3.63) is 72.4 Å². The molecular formula is C23H22N4O3. The number of methoxy groups -OCH3 is 2. The van der Waals surface area contributed by atoms with Crippen LogP contribution in [0.2, 0.25) is 0 Å². The molecule has 2 aromatic carbocycles. The largest absolute Gasteiger partial charge is 0.493 e. The number of ether oxygens (including phenoxy) is 2. The highest BCUT2D eigenvalue weighted by molar-refractivity contribution is 5.91. The van der Waals surface area contributed by atoms with Gasteiger partial charge in [0, 0.05) is 23.9 Å². The number of aryl methyl sites for hydroxylation is 1. The van der Waals surface area contributed by atoms with Crippen molar-refractivity contribution >= 4 is 17.2 Å². The van der Waals surface area contributed by atoms with Crippen LogP contribution in [0.25, 0.3) is 17.0 Å². The zero-order valence-electron chi connectivity index (χ0n) is 16.8. The number of aromatic nitrogens is 3. The maximum absolute atomic E-state index is 12.5. The predicted molar refractivity (Wildman–Crippen MR) is 115 cm³/mol. The molecule has 0 aliphatic carbocycles. The summed E-state index contributed by atoms with van der Waals surface area (Å²) in [5.74, 6) is 1.99. The van der Waals surface area contributed by atoms with Crippen LogP contribution < -0.4 is 14.8 Å². The molecule has 0 atom stereocenters. The summed E-state index contributed by atoms with van der Waals surface area (Å²) in [7, 11) is 3.20. The predicted octanol–water partition coefficient (Wildman–Crippen LogP) is 3.98. The van der Waals surface area contributed by atoms with Gasteiger partial charge in [-0.3, -0.25) is 9.20 Å². The number of nitrogens with zero attached hydrogens (tertiary/aromatic N) is 3. The summed E-state index contributed by atoms with van der Waals surface area (Å²) in [5.41, 5.74) is 3.38. The summed E-state index contributed by atoms with van der Waals surface area (Å²) in [6.07, 6.45) is 2.87. The van der Waals surface area contributed by atoms with Gasteiger partial charge in [0.2, 0.25) is 5.91 Å². The Bertz CT molecular complexity index is 1190. The van der Waals surface area contributed by atoms with Gasteiger partial charge < -0.3 is 14.8 Å². The number of carbonyl (C=O) groups is 1. The average Bonchev–Trinajstić information content (AvgIpc) is 3.22. The van der Waals surface area contributed by atoms with Crippen molar-refractivity contribution < 1.29 is 14.3 Å². The third-order valence-electron chi connectivity index (χ3n) is 4.81. The van der Waals surface area contributed by atoms with Crippen LogP contribution in [0.5, 0.6) is 11.5 Å². The van der Waals surface area contributed by atoms with Crippen LogP contribution in [0.1, 0.15) is 12.0 Å². The van der Waals surface area contributed by atoms with E-state index in [4.69, 9.17) is 9.47 Å². The molecule has 1 amide bonds. The van der Waals surface area contributed by atoms with E-state index in [2.05, 4.69) is 15.5 Å². The molecular weight excluding hydrogens is 380 g/mol. The Labute approximate surface area is 174 Å². The van der Waals surface area contributed by atoms with Crippen LogP contribution in [0.3, 0.4) is 0 Å². The maximum Gasteiger partial charge on any atom is 0.224 e. The van der Waals surface area contributed by atoms with Crippen LogP contribution in [0.4, 0.5) is 5.69 Å². The number of amides is 1. The van der Waals surface area contributed by atoms with Crippen LogP contribution in [0, 0.1) is 0 Å². The Morgan fingerprint density at radius 1 is 0.967 bits per heavy atom. The third-order valence-corrected chi connectivity index (χ3v) is 4.81. The molecule has 152 valence electrons. The second kappa shape index (κ2) is 8.65. The first-order valence-corrected chi connectivity index (χ1v) is 9.59. The van der Waals surface area contributed by atoms with Crippen LogP contribution in [-0.2, 0) is 11.2 Å². The van der Waals surface area contributed by atoms with Gasteiger partial charge in [0.25, 0.3) is 0 Å². The molecule has 7 heteroatoms. The third kappa shape index (κ3) is 4.10. The van der Waals surface area contributed by atoms with E-state index >= 15 is 0 Å². The molecule has 1 N–H and O–H groups in total. The standard InChI is InChI=1S/C23H22N4O3/c1-29-19-11-9-16(14-20(19)30-2)10-12-22(28)24-18-7-5-6-17(15-18)23-26-25-21-8-3-4-13-27(21)23/h3-9,11,13-15H,10,12H2,1-2H3,(H,24,28). The molecule has 0 bridgehead atoms. The topological polar surface area (TPSA) is 77.8 Å². The second-order valence-corrected chi connectivity index (χ2v) is 6.77. The van der Waals surface area contributed by atoms with Gasteiger partial charge in [-0.25, -0.2) is 0 Å². The van der Waals surface area contributed by atoms with Gasteiger partial charge in [-0.2, -0.15) is 0 Å². The second-order valence-electron chi connectivity index (χ2n) is 6.77. The first-order valence-electron chi connectivity index (χ1n) is 9.59. The molecule has 0 fully saturated rings. The molecule has 30 heavy (non-hydrogen) atoms. The van der Waals surface area contributed by atoms with E-state index in [0.717, 1.165) is 28.3 Å². The molecule has 0 radical (unpaired) electrons. The Kier molecular flexibility index (Phi) is 5.61. The lowest BCUT2D eigenvalue weighted by molar-refractivity contribution is -0.116. The number of pyridine rings is 1. The van der Waals surface area contributed by atoms with Crippen molar-refractivity contribution in [2.75, 3.05) is 19.5 Å². The summed E-state index contributed by atoms with van der Waals surface area (Å²) in [6, 6.07) is 19.0. The molecule has 0 aliphatic heterocycles. The molecule has 0 unspecified atom stereocenters. The minimum Gasteiger partial charge on any atom is -0.493 e. The first-order chi connectivity index (χ1) is 14.7. The number of benzene rings is 2. The number of rotatable bonds is 7. The maximum atomic E-state index is 12.5. The zero-order valence-corrected chi connectivity index (χ0v) is 16.8. The van der Waals surface area contributed by atoms with Gasteiger partial charge in [0.1, 0.15) is 0 Å². The fourth-order valence-corrected chi connectivity index (χ4v) is 3.29. The van der Waals surface area contributed by atoms with Gasteiger partial charge in [-0.1, -0.05) is 24.3 Å². The summed E-state index contributed by atoms with van der Waals surface area (Å²) in [5, 5.41) is 11.4. The van der Waals surface area contributed by atoms with E-state index in [1.807, 2.05) is 71.3 Å². The smallest absolute Gasteiger partial charge is 0.224 e. The summed E-state index contributed by atoms with van der Waals surface area (Å²) >= 11 is 0. The summed E-state index contributed by atoms with van der Waals surface area (Å²) < 4.78 is 12.5. The number of fused-ring (bicyclic) bond motifs is 1. The Morgan fingerprint density at radius 3 is 2.67 bits per heavy atom. The van der Waals surface area contributed by atoms with Crippen molar-refractivity contribution in [1.29, 1.82) is 0 Å². The zero-order chi connectivity index (χ0) is 20.9. The van der Waals surface area contributed by atoms with Gasteiger partial charge in [0.05, 0.1) is 14.2 Å². The number of hydrogen-bond donors (Lipinski definition) is 1. The molecule has 7 nitrogen and oxygen atoms in total. The number of anilines is 1. The van der Waals surface area contributed by atoms with E-state index in [1.165, 1.54) is 0 Å². The lowest BCUT2D eigenvalue weighted by Gasteiger charge is -2.10.